The summed E-state index contributed by atoms with van der Waals surface area (Å²) >= 11 is 12.0. The molecular formula is C25H18BrClINO4. The summed E-state index contributed by atoms with van der Waals surface area (Å²) in [7, 11) is 1.57. The quantitative estimate of drug-likeness (QED) is 0.167. The van der Waals surface area contributed by atoms with Crippen molar-refractivity contribution in [2.75, 3.05) is 7.11 Å². The second kappa shape index (κ2) is 10.3. The highest BCUT2D eigenvalue weighted by atomic mass is 127. The molecule has 0 saturated heterocycles. The molecule has 0 spiro atoms. The Balaban J connectivity index is 1.60. The third kappa shape index (κ3) is 5.59. The molecule has 0 atom stereocenters. The van der Waals surface area contributed by atoms with Gasteiger partial charge in [-0.1, -0.05) is 41.4 Å². The second-order valence-electron chi connectivity index (χ2n) is 7.27. The Hall–Kier alpha value is -2.36. The lowest BCUT2D eigenvalue weighted by atomic mass is 10.1. The van der Waals surface area contributed by atoms with Crippen molar-refractivity contribution >= 4 is 68.1 Å². The molecule has 5 nitrogen and oxygen atoms in total. The molecule has 8 heteroatoms. The third-order valence-corrected chi connectivity index (χ3v) is 6.43. The number of cyclic esters (lactones) is 1. The van der Waals surface area contributed by atoms with Gasteiger partial charge in [-0.2, -0.15) is 0 Å². The third-order valence-electron chi connectivity index (χ3n) is 4.84. The van der Waals surface area contributed by atoms with Gasteiger partial charge < -0.3 is 14.2 Å². The Bertz CT molecular complexity index is 1290. The molecule has 3 aromatic rings. The van der Waals surface area contributed by atoms with Gasteiger partial charge in [-0.05, 0) is 93.0 Å². The smallest absolute Gasteiger partial charge is 0.363 e. The van der Waals surface area contributed by atoms with Crippen LogP contribution in [-0.2, 0) is 16.1 Å². The van der Waals surface area contributed by atoms with E-state index in [1.807, 2.05) is 49.4 Å². The fourth-order valence-corrected chi connectivity index (χ4v) is 4.41. The first-order chi connectivity index (χ1) is 15.8. The lowest BCUT2D eigenvalue weighted by molar-refractivity contribution is -0.129. The van der Waals surface area contributed by atoms with E-state index in [-0.39, 0.29) is 11.6 Å². The Morgan fingerprint density at radius 1 is 1.15 bits per heavy atom. The van der Waals surface area contributed by atoms with Crippen molar-refractivity contribution in [2.24, 2.45) is 4.99 Å². The number of methoxy groups -OCH3 is 1. The zero-order valence-electron chi connectivity index (χ0n) is 17.7. The van der Waals surface area contributed by atoms with Gasteiger partial charge in [-0.25, -0.2) is 9.79 Å². The summed E-state index contributed by atoms with van der Waals surface area (Å²) in [5.41, 5.74) is 3.68. The Kier molecular flexibility index (Phi) is 7.41. The second-order valence-corrected chi connectivity index (χ2v) is 9.78. The fraction of sp³-hybridized carbons (Fsp3) is 0.120. The predicted octanol–water partition coefficient (Wildman–Crippen LogP) is 6.95. The molecular weight excluding hydrogens is 621 g/mol. The van der Waals surface area contributed by atoms with E-state index in [1.54, 1.807) is 25.3 Å². The van der Waals surface area contributed by atoms with Crippen LogP contribution in [0.15, 0.2) is 69.8 Å². The molecule has 0 amide bonds. The first-order valence-corrected chi connectivity index (χ1v) is 12.1. The van der Waals surface area contributed by atoms with Gasteiger partial charge in [0.1, 0.15) is 6.61 Å². The van der Waals surface area contributed by atoms with Crippen molar-refractivity contribution < 1.29 is 19.0 Å². The lowest BCUT2D eigenvalue weighted by Crippen LogP contribution is -2.06. The number of carbonyl (C=O) groups excluding carboxylic acids is 1. The molecule has 0 radical (unpaired) electrons. The van der Waals surface area contributed by atoms with Crippen LogP contribution < -0.4 is 9.47 Å². The van der Waals surface area contributed by atoms with E-state index < -0.39 is 5.97 Å². The van der Waals surface area contributed by atoms with Crippen LogP contribution in [0, 0.1) is 10.5 Å². The van der Waals surface area contributed by atoms with Crippen molar-refractivity contribution in [1.29, 1.82) is 0 Å². The minimum atomic E-state index is -0.547. The normalized spacial score (nSPS) is 14.3. The largest absolute Gasteiger partial charge is 0.493 e. The summed E-state index contributed by atoms with van der Waals surface area (Å²) in [5.74, 6) is 0.734. The lowest BCUT2D eigenvalue weighted by Gasteiger charge is -2.14. The van der Waals surface area contributed by atoms with Crippen LogP contribution in [0.5, 0.6) is 11.5 Å². The molecule has 33 heavy (non-hydrogen) atoms. The van der Waals surface area contributed by atoms with Crippen LogP contribution in [0.4, 0.5) is 0 Å². The van der Waals surface area contributed by atoms with Gasteiger partial charge in [0.2, 0.25) is 5.90 Å². The minimum Gasteiger partial charge on any atom is -0.493 e. The van der Waals surface area contributed by atoms with Crippen molar-refractivity contribution in [3.8, 4) is 11.5 Å². The number of esters is 1. The maximum Gasteiger partial charge on any atom is 0.363 e. The van der Waals surface area contributed by atoms with Gasteiger partial charge in [0.15, 0.2) is 17.2 Å². The Labute approximate surface area is 218 Å². The average molecular weight is 639 g/mol. The van der Waals surface area contributed by atoms with Crippen molar-refractivity contribution in [2.45, 2.75) is 13.5 Å². The standard InChI is InChI=1S/C25H18BrClINO4/c1-14-3-5-15(6-4-14)13-32-23-19(26)9-16(11-22(23)31-2)10-21-25(30)33-24(29-21)18-12-17(28)7-8-20(18)27/h3-12H,13H2,1-2H3. The molecule has 0 aliphatic carbocycles. The molecule has 4 rings (SSSR count). The molecule has 0 unspecified atom stereocenters. The Morgan fingerprint density at radius 3 is 2.64 bits per heavy atom. The van der Waals surface area contributed by atoms with Gasteiger partial charge in [0.05, 0.1) is 22.2 Å². The van der Waals surface area contributed by atoms with Gasteiger partial charge >= 0.3 is 5.97 Å². The summed E-state index contributed by atoms with van der Waals surface area (Å²) < 4.78 is 18.5. The van der Waals surface area contributed by atoms with Gasteiger partial charge in [-0.3, -0.25) is 0 Å². The molecule has 0 N–H and O–H groups in total. The van der Waals surface area contributed by atoms with Gasteiger partial charge in [-0.15, -0.1) is 0 Å². The van der Waals surface area contributed by atoms with E-state index in [9.17, 15) is 4.79 Å². The number of aryl methyl sites for hydroxylation is 1. The summed E-state index contributed by atoms with van der Waals surface area (Å²) in [6, 6.07) is 17.2. The summed E-state index contributed by atoms with van der Waals surface area (Å²) in [4.78, 5) is 16.8. The molecule has 168 valence electrons. The predicted molar refractivity (Wildman–Crippen MR) is 141 cm³/mol. The van der Waals surface area contributed by atoms with E-state index in [2.05, 4.69) is 43.5 Å². The van der Waals surface area contributed by atoms with E-state index >= 15 is 0 Å². The minimum absolute atomic E-state index is 0.169. The number of ether oxygens (including phenoxy) is 3. The number of carbonyl (C=O) groups is 1. The fourth-order valence-electron chi connectivity index (χ4n) is 3.15. The number of hydrogen-bond acceptors (Lipinski definition) is 5. The first kappa shape index (κ1) is 23.8. The van der Waals surface area contributed by atoms with Crippen LogP contribution >= 0.6 is 50.1 Å². The highest BCUT2D eigenvalue weighted by molar-refractivity contribution is 14.1. The average Bonchev–Trinajstić information content (AvgIpc) is 3.15. The molecule has 0 saturated carbocycles. The monoisotopic (exact) mass is 637 g/mol. The van der Waals surface area contributed by atoms with E-state index in [4.69, 9.17) is 25.8 Å². The highest BCUT2D eigenvalue weighted by Crippen LogP contribution is 2.38. The van der Waals surface area contributed by atoms with Crippen molar-refractivity contribution in [3.63, 3.8) is 0 Å². The number of nitrogens with zero attached hydrogens (tertiary/aromatic N) is 1. The molecule has 0 aromatic heterocycles. The highest BCUT2D eigenvalue weighted by Gasteiger charge is 2.26. The molecule has 0 fully saturated rings. The van der Waals surface area contributed by atoms with Gasteiger partial charge in [0.25, 0.3) is 0 Å². The summed E-state index contributed by atoms with van der Waals surface area (Å²) in [5, 5.41) is 0.461. The van der Waals surface area contributed by atoms with Crippen LogP contribution in [0.25, 0.3) is 6.08 Å². The zero-order chi connectivity index (χ0) is 23.5. The molecule has 3 aromatic carbocycles. The van der Waals surface area contributed by atoms with Crippen LogP contribution in [0.2, 0.25) is 5.02 Å². The summed E-state index contributed by atoms with van der Waals surface area (Å²) in [6.07, 6.45) is 1.63. The Morgan fingerprint density at radius 2 is 1.91 bits per heavy atom. The molecule has 1 aliphatic heterocycles. The molecule has 0 bridgehead atoms. The van der Waals surface area contributed by atoms with Crippen LogP contribution in [0.3, 0.4) is 0 Å². The maximum absolute atomic E-state index is 12.4. The summed E-state index contributed by atoms with van der Waals surface area (Å²) in [6.45, 7) is 2.44. The first-order valence-electron chi connectivity index (χ1n) is 9.88. The molecule has 1 aliphatic rings. The van der Waals surface area contributed by atoms with Gasteiger partial charge in [0, 0.05) is 3.57 Å². The maximum atomic E-state index is 12.4. The number of aliphatic imine (C=N–C) groups is 1. The van der Waals surface area contributed by atoms with E-state index in [0.717, 1.165) is 9.13 Å². The number of benzene rings is 3. The number of halogens is 3. The SMILES string of the molecule is COc1cc(C=C2N=C(c3cc(I)ccc3Cl)OC2=O)cc(Br)c1OCc1ccc(C)cc1. The van der Waals surface area contributed by atoms with Crippen LogP contribution in [-0.4, -0.2) is 19.0 Å². The number of hydrogen-bond donors (Lipinski definition) is 0. The topological polar surface area (TPSA) is 57.1 Å². The number of rotatable bonds is 6. The van der Waals surface area contributed by atoms with Crippen molar-refractivity contribution in [1.82, 2.24) is 0 Å². The van der Waals surface area contributed by atoms with E-state index in [1.165, 1.54) is 5.56 Å². The molecule has 1 heterocycles. The van der Waals surface area contributed by atoms with Crippen LogP contribution in [0.1, 0.15) is 22.3 Å². The van der Waals surface area contributed by atoms with E-state index in [0.29, 0.717) is 38.7 Å². The van der Waals surface area contributed by atoms with Crippen molar-refractivity contribution in [3.05, 3.63) is 95.6 Å². The zero-order valence-corrected chi connectivity index (χ0v) is 22.2.